The van der Waals surface area contributed by atoms with Crippen molar-refractivity contribution in [2.75, 3.05) is 0 Å². The summed E-state index contributed by atoms with van der Waals surface area (Å²) in [6, 6.07) is 0. The number of hydrogen-bond acceptors (Lipinski definition) is 3. The Hall–Kier alpha value is -2.11. The third-order valence-corrected chi connectivity index (χ3v) is 11.6. The van der Waals surface area contributed by atoms with Crippen LogP contribution in [0.3, 0.4) is 0 Å². The van der Waals surface area contributed by atoms with Gasteiger partial charge in [-0.1, -0.05) is 252 Å². The number of carbonyl (C=O) groups excluding carboxylic acids is 3. The Morgan fingerprint density at radius 3 is 0.742 bits per heavy atom. The molecule has 6 heteroatoms. The van der Waals surface area contributed by atoms with Gasteiger partial charge in [-0.2, -0.15) is 0 Å². The highest BCUT2D eigenvalue weighted by molar-refractivity contribution is 5.74. The molecule has 0 aliphatic carbocycles. The van der Waals surface area contributed by atoms with Gasteiger partial charge in [-0.05, 0) is 56.8 Å². The number of amides is 3. The lowest BCUT2D eigenvalue weighted by Gasteiger charge is -2.04. The van der Waals surface area contributed by atoms with E-state index in [1.54, 1.807) is 0 Å². The lowest BCUT2D eigenvalue weighted by Crippen LogP contribution is -2.09. The van der Waals surface area contributed by atoms with Crippen LogP contribution in [0.2, 0.25) is 0 Å². The summed E-state index contributed by atoms with van der Waals surface area (Å²) in [6.07, 6.45) is 57.9. The van der Waals surface area contributed by atoms with Gasteiger partial charge in [0.1, 0.15) is 0 Å². The molecule has 0 rings (SSSR count). The van der Waals surface area contributed by atoms with Gasteiger partial charge in [0.25, 0.3) is 0 Å². The number of unbranched alkanes of at least 4 members (excludes halogenated alkanes) is 33. The molecule has 0 aliphatic rings. The maximum absolute atomic E-state index is 10.6. The summed E-state index contributed by atoms with van der Waals surface area (Å²) in [5, 5.41) is 0. The van der Waals surface area contributed by atoms with Crippen LogP contribution in [0.5, 0.6) is 0 Å². The topological polar surface area (TPSA) is 129 Å². The SMILES string of the molecule is C=C.CC(C)CCCCCCCCCCCCCCC(N)=O.CC(C)CCCCCCCCCCCCCCC(N)=O.CCCCCCCC/C=C\CCCCCCCC(N)=O. The molecule has 0 saturated heterocycles. The van der Waals surface area contributed by atoms with E-state index in [-0.39, 0.29) is 17.7 Å². The van der Waals surface area contributed by atoms with E-state index in [9.17, 15) is 14.4 Å². The maximum atomic E-state index is 10.6. The predicted molar refractivity (Wildman–Crippen MR) is 277 cm³/mol. The number of primary amides is 3. The van der Waals surface area contributed by atoms with Crippen LogP contribution in [0.25, 0.3) is 0 Å². The highest BCUT2D eigenvalue weighted by atomic mass is 16.1. The smallest absolute Gasteiger partial charge is 0.217 e. The van der Waals surface area contributed by atoms with Crippen molar-refractivity contribution in [3.63, 3.8) is 0 Å². The van der Waals surface area contributed by atoms with E-state index in [2.05, 4.69) is 59.9 Å². The third-order valence-electron chi connectivity index (χ3n) is 11.6. The van der Waals surface area contributed by atoms with E-state index >= 15 is 0 Å². The van der Waals surface area contributed by atoms with Gasteiger partial charge in [-0.3, -0.25) is 14.4 Å². The van der Waals surface area contributed by atoms with Crippen LogP contribution in [0, 0.1) is 11.8 Å². The van der Waals surface area contributed by atoms with Crippen LogP contribution in [0.1, 0.15) is 304 Å². The predicted octanol–water partition coefficient (Wildman–Crippen LogP) is 17.5. The molecular formula is C56H113N3O3. The lowest BCUT2D eigenvalue weighted by atomic mass is 10.0. The third kappa shape index (κ3) is 78.4. The molecule has 0 aliphatic heterocycles. The van der Waals surface area contributed by atoms with Crippen LogP contribution in [0.15, 0.2) is 25.3 Å². The number of nitrogens with two attached hydrogens (primary N) is 3. The minimum atomic E-state index is -0.164. The molecule has 0 bridgehead atoms. The van der Waals surface area contributed by atoms with E-state index in [0.29, 0.717) is 19.3 Å². The van der Waals surface area contributed by atoms with Crippen molar-refractivity contribution in [3.05, 3.63) is 25.3 Å². The Labute approximate surface area is 389 Å². The van der Waals surface area contributed by atoms with E-state index in [4.69, 9.17) is 17.2 Å². The van der Waals surface area contributed by atoms with Crippen molar-refractivity contribution < 1.29 is 14.4 Å². The summed E-state index contributed by atoms with van der Waals surface area (Å²) in [7, 11) is 0. The molecule has 0 atom stereocenters. The second-order valence-electron chi connectivity index (χ2n) is 19.1. The van der Waals surface area contributed by atoms with Gasteiger partial charge in [-0.15, -0.1) is 13.2 Å². The molecule has 0 heterocycles. The van der Waals surface area contributed by atoms with Crippen LogP contribution < -0.4 is 17.2 Å². The Morgan fingerprint density at radius 2 is 0.532 bits per heavy atom. The first kappa shape index (κ1) is 66.5. The Bertz CT molecular complexity index is 857. The van der Waals surface area contributed by atoms with Gasteiger partial charge in [0.2, 0.25) is 17.7 Å². The Balaban J connectivity index is -0.000000398. The first-order valence-electron chi connectivity index (χ1n) is 27.0. The van der Waals surface area contributed by atoms with Crippen LogP contribution in [0.4, 0.5) is 0 Å². The molecule has 0 spiro atoms. The molecule has 0 aromatic heterocycles. The van der Waals surface area contributed by atoms with Gasteiger partial charge in [-0.25, -0.2) is 0 Å². The average molecular weight is 877 g/mol. The lowest BCUT2D eigenvalue weighted by molar-refractivity contribution is -0.119. The second-order valence-corrected chi connectivity index (χ2v) is 19.1. The maximum Gasteiger partial charge on any atom is 0.217 e. The van der Waals surface area contributed by atoms with E-state index in [1.165, 1.54) is 225 Å². The fraction of sp³-hybridized carbons (Fsp3) is 0.875. The van der Waals surface area contributed by atoms with E-state index in [1.807, 2.05) is 0 Å². The van der Waals surface area contributed by atoms with E-state index < -0.39 is 0 Å². The van der Waals surface area contributed by atoms with Crippen molar-refractivity contribution >= 4 is 17.7 Å². The summed E-state index contributed by atoms with van der Waals surface area (Å²) < 4.78 is 0. The molecule has 6 N–H and O–H groups in total. The largest absolute Gasteiger partial charge is 0.370 e. The van der Waals surface area contributed by atoms with Gasteiger partial charge < -0.3 is 17.2 Å². The molecule has 0 aromatic rings. The zero-order chi connectivity index (χ0) is 47.0. The van der Waals surface area contributed by atoms with Gasteiger partial charge >= 0.3 is 0 Å². The van der Waals surface area contributed by atoms with Crippen molar-refractivity contribution in [3.8, 4) is 0 Å². The number of rotatable bonds is 45. The standard InChI is InChI=1S/2C18H37NO.C18H35NO.C2H4/c2*1-17(2)15-13-11-9-7-5-3-4-6-8-10-12-14-16-18(19)20;1-2-3-4-5-6-7-8-9-10-11-12-13-14-15-16-17-18(19)20;1-2/h2*17H,3-16H2,1-2H3,(H2,19,20);9-10H,2-8,11-17H2,1H3,(H2,19,20);1-2H2/b;;10-9-;. The van der Waals surface area contributed by atoms with Crippen LogP contribution in [-0.4, -0.2) is 17.7 Å². The molecule has 0 fully saturated rings. The van der Waals surface area contributed by atoms with Gasteiger partial charge in [0, 0.05) is 19.3 Å². The fourth-order valence-corrected chi connectivity index (χ4v) is 7.61. The Morgan fingerprint density at radius 1 is 0.339 bits per heavy atom. The summed E-state index contributed by atoms with van der Waals surface area (Å²) in [4.78, 5) is 31.7. The number of hydrogen-bond donors (Lipinski definition) is 3. The zero-order valence-corrected chi connectivity index (χ0v) is 42.9. The highest BCUT2D eigenvalue weighted by Gasteiger charge is 1.99. The van der Waals surface area contributed by atoms with E-state index in [0.717, 1.165) is 37.5 Å². The molecular weight excluding hydrogens is 763 g/mol. The number of allylic oxidation sites excluding steroid dienone is 2. The monoisotopic (exact) mass is 876 g/mol. The molecule has 0 aromatic carbocycles. The quantitative estimate of drug-likeness (QED) is 0.0416. The van der Waals surface area contributed by atoms with Crippen molar-refractivity contribution in [2.24, 2.45) is 29.0 Å². The second kappa shape index (κ2) is 61.0. The van der Waals surface area contributed by atoms with Crippen molar-refractivity contribution in [1.29, 1.82) is 0 Å². The highest BCUT2D eigenvalue weighted by Crippen LogP contribution is 2.16. The summed E-state index contributed by atoms with van der Waals surface area (Å²) in [5.74, 6) is 1.27. The summed E-state index contributed by atoms with van der Waals surface area (Å²) in [5.41, 5.74) is 15.3. The number of carbonyl (C=O) groups is 3. The molecule has 370 valence electrons. The van der Waals surface area contributed by atoms with Crippen LogP contribution >= 0.6 is 0 Å². The average Bonchev–Trinajstić information content (AvgIpc) is 3.23. The normalized spacial score (nSPS) is 10.9. The summed E-state index contributed by atoms with van der Waals surface area (Å²) >= 11 is 0. The van der Waals surface area contributed by atoms with Crippen LogP contribution in [-0.2, 0) is 14.4 Å². The fourth-order valence-electron chi connectivity index (χ4n) is 7.61. The molecule has 0 unspecified atom stereocenters. The van der Waals surface area contributed by atoms with Gasteiger partial charge in [0.15, 0.2) is 0 Å². The molecule has 3 amide bonds. The first-order valence-corrected chi connectivity index (χ1v) is 27.0. The summed E-state index contributed by atoms with van der Waals surface area (Å²) in [6.45, 7) is 17.5. The minimum absolute atomic E-state index is 0.154. The van der Waals surface area contributed by atoms with Gasteiger partial charge in [0.05, 0.1) is 0 Å². The molecule has 62 heavy (non-hydrogen) atoms. The first-order chi connectivity index (χ1) is 30.0. The Kier molecular flexibility index (Phi) is 65.4. The molecule has 0 radical (unpaired) electrons. The van der Waals surface area contributed by atoms with Crippen molar-refractivity contribution in [1.82, 2.24) is 0 Å². The molecule has 6 nitrogen and oxygen atoms in total. The van der Waals surface area contributed by atoms with Crippen molar-refractivity contribution in [2.45, 2.75) is 304 Å². The molecule has 0 saturated carbocycles. The minimum Gasteiger partial charge on any atom is -0.370 e. The zero-order valence-electron chi connectivity index (χ0n) is 42.9.